The van der Waals surface area contributed by atoms with E-state index in [1.807, 2.05) is 17.4 Å². The number of rotatable bonds is 1. The lowest BCUT2D eigenvalue weighted by molar-refractivity contribution is 1.62. The fraction of sp³-hybridized carbons (Fsp3) is 0.0909. The van der Waals surface area contributed by atoms with Gasteiger partial charge in [0.05, 0.1) is 0 Å². The Hall–Kier alpha value is -1.08. The van der Waals surface area contributed by atoms with Gasteiger partial charge in [0.2, 0.25) is 0 Å². The first kappa shape index (κ1) is 7.56. The van der Waals surface area contributed by atoms with Gasteiger partial charge in [-0.15, -0.1) is 11.3 Å². The Balaban J connectivity index is 2.90. The van der Waals surface area contributed by atoms with Gasteiger partial charge in [0.15, 0.2) is 0 Å². The minimum absolute atomic E-state index is 1.29. The molecule has 1 aromatic heterocycles. The monoisotopic (exact) mass is 174 g/mol. The summed E-state index contributed by atoms with van der Waals surface area (Å²) < 4.78 is 1.35. The van der Waals surface area contributed by atoms with Crippen molar-refractivity contribution >= 4 is 27.5 Å². The summed E-state index contributed by atoms with van der Waals surface area (Å²) in [6.45, 7) is 5.96. The van der Waals surface area contributed by atoms with Crippen LogP contribution in [0.5, 0.6) is 0 Å². The first-order valence-electron chi connectivity index (χ1n) is 3.93. The molecule has 1 heteroatoms. The maximum absolute atomic E-state index is 3.82. The van der Waals surface area contributed by atoms with Gasteiger partial charge < -0.3 is 0 Å². The second-order valence-electron chi connectivity index (χ2n) is 2.77. The highest BCUT2D eigenvalue weighted by molar-refractivity contribution is 7.19. The van der Waals surface area contributed by atoms with Crippen LogP contribution >= 0.6 is 11.3 Å². The molecule has 0 aliphatic carbocycles. The van der Waals surface area contributed by atoms with Crippen LogP contribution in [0.3, 0.4) is 0 Å². The number of benzene rings is 1. The molecule has 1 aromatic carbocycles. The van der Waals surface area contributed by atoms with Crippen molar-refractivity contribution < 1.29 is 0 Å². The second-order valence-corrected chi connectivity index (χ2v) is 4.03. The predicted molar refractivity (Wildman–Crippen MR) is 56.7 cm³/mol. The highest BCUT2D eigenvalue weighted by Gasteiger charge is 2.03. The molecule has 2 aromatic rings. The van der Waals surface area contributed by atoms with Crippen molar-refractivity contribution in [3.63, 3.8) is 0 Å². The van der Waals surface area contributed by atoms with E-state index in [0.717, 1.165) is 0 Å². The Kier molecular flexibility index (Phi) is 1.74. The summed E-state index contributed by atoms with van der Waals surface area (Å²) in [7, 11) is 0. The van der Waals surface area contributed by atoms with Crippen molar-refractivity contribution in [1.82, 2.24) is 0 Å². The largest absolute Gasteiger partial charge is 0.140 e. The molecule has 1 heterocycles. The van der Waals surface area contributed by atoms with Gasteiger partial charge in [-0.3, -0.25) is 0 Å². The van der Waals surface area contributed by atoms with Crippen molar-refractivity contribution in [3.05, 3.63) is 41.3 Å². The van der Waals surface area contributed by atoms with Crippen molar-refractivity contribution in [2.45, 2.75) is 6.92 Å². The number of aryl methyl sites for hydroxylation is 1. The third-order valence-corrected chi connectivity index (χ3v) is 3.13. The van der Waals surface area contributed by atoms with Crippen LogP contribution in [-0.4, -0.2) is 0 Å². The molecule has 60 valence electrons. The van der Waals surface area contributed by atoms with E-state index in [1.165, 1.54) is 20.5 Å². The standard InChI is InChI=1S/C11H10S/c1-3-9-8(2)12-11-7-5-4-6-10(9)11/h3-7H,1H2,2H3. The molecule has 0 radical (unpaired) electrons. The van der Waals surface area contributed by atoms with Gasteiger partial charge in [-0.05, 0) is 23.9 Å². The second kappa shape index (κ2) is 2.76. The fourth-order valence-corrected chi connectivity index (χ4v) is 2.51. The van der Waals surface area contributed by atoms with Crippen LogP contribution in [0.15, 0.2) is 30.8 Å². The molecule has 0 N–H and O–H groups in total. The zero-order valence-electron chi connectivity index (χ0n) is 7.00. The van der Waals surface area contributed by atoms with E-state index in [0.29, 0.717) is 0 Å². The molecule has 0 amide bonds. The zero-order valence-corrected chi connectivity index (χ0v) is 7.82. The van der Waals surface area contributed by atoms with E-state index in [-0.39, 0.29) is 0 Å². The molecule has 0 nitrogen and oxygen atoms in total. The van der Waals surface area contributed by atoms with E-state index in [9.17, 15) is 0 Å². The molecule has 0 bridgehead atoms. The lowest BCUT2D eigenvalue weighted by Gasteiger charge is -1.90. The summed E-state index contributed by atoms with van der Waals surface area (Å²) in [4.78, 5) is 1.35. The molecule has 2 rings (SSSR count). The molecule has 0 unspecified atom stereocenters. The maximum atomic E-state index is 3.82. The summed E-state index contributed by atoms with van der Waals surface area (Å²) in [5.41, 5.74) is 1.29. The molecule has 0 spiro atoms. The summed E-state index contributed by atoms with van der Waals surface area (Å²) >= 11 is 1.83. The minimum Gasteiger partial charge on any atom is -0.140 e. The average Bonchev–Trinajstić information content (AvgIpc) is 2.40. The normalized spacial score (nSPS) is 10.4. The van der Waals surface area contributed by atoms with Gasteiger partial charge in [-0.1, -0.05) is 30.9 Å². The first-order valence-corrected chi connectivity index (χ1v) is 4.75. The summed E-state index contributed by atoms with van der Waals surface area (Å²) in [6.07, 6.45) is 1.94. The molecule has 0 saturated heterocycles. The van der Waals surface area contributed by atoms with E-state index in [1.54, 1.807) is 0 Å². The lowest BCUT2D eigenvalue weighted by atomic mass is 10.1. The Bertz CT molecular complexity index is 423. The Morgan fingerprint density at radius 1 is 1.33 bits per heavy atom. The summed E-state index contributed by atoms with van der Waals surface area (Å²) in [5, 5.41) is 1.33. The predicted octanol–water partition coefficient (Wildman–Crippen LogP) is 3.85. The van der Waals surface area contributed by atoms with Crippen molar-refractivity contribution in [3.8, 4) is 0 Å². The fourth-order valence-electron chi connectivity index (χ4n) is 1.44. The molecular weight excluding hydrogens is 164 g/mol. The van der Waals surface area contributed by atoms with E-state index in [4.69, 9.17) is 0 Å². The topological polar surface area (TPSA) is 0 Å². The maximum Gasteiger partial charge on any atom is 0.0351 e. The third-order valence-electron chi connectivity index (χ3n) is 2.02. The third kappa shape index (κ3) is 0.978. The average molecular weight is 174 g/mol. The van der Waals surface area contributed by atoms with Crippen LogP contribution in [0.2, 0.25) is 0 Å². The Morgan fingerprint density at radius 3 is 2.83 bits per heavy atom. The van der Waals surface area contributed by atoms with Crippen LogP contribution in [0.1, 0.15) is 10.4 Å². The molecule has 12 heavy (non-hydrogen) atoms. The lowest BCUT2D eigenvalue weighted by Crippen LogP contribution is -1.69. The number of hydrogen-bond acceptors (Lipinski definition) is 1. The van der Waals surface area contributed by atoms with Gasteiger partial charge in [-0.25, -0.2) is 0 Å². The van der Waals surface area contributed by atoms with Gasteiger partial charge in [0, 0.05) is 9.58 Å². The highest BCUT2D eigenvalue weighted by Crippen LogP contribution is 2.30. The van der Waals surface area contributed by atoms with Crippen LogP contribution in [0.25, 0.3) is 16.2 Å². The van der Waals surface area contributed by atoms with Gasteiger partial charge >= 0.3 is 0 Å². The van der Waals surface area contributed by atoms with Gasteiger partial charge in [-0.2, -0.15) is 0 Å². The molecule has 0 saturated carbocycles. The Morgan fingerprint density at radius 2 is 2.08 bits per heavy atom. The van der Waals surface area contributed by atoms with Gasteiger partial charge in [0.1, 0.15) is 0 Å². The molecule has 0 aliphatic rings. The first-order chi connectivity index (χ1) is 5.83. The Labute approximate surface area is 76.2 Å². The van der Waals surface area contributed by atoms with Crippen LogP contribution in [-0.2, 0) is 0 Å². The number of hydrogen-bond donors (Lipinski definition) is 0. The zero-order chi connectivity index (χ0) is 8.55. The summed E-state index contributed by atoms with van der Waals surface area (Å²) in [6, 6.07) is 8.45. The van der Waals surface area contributed by atoms with Crippen LogP contribution in [0, 0.1) is 6.92 Å². The number of thiophene rings is 1. The van der Waals surface area contributed by atoms with Crippen molar-refractivity contribution in [2.75, 3.05) is 0 Å². The highest BCUT2D eigenvalue weighted by atomic mass is 32.1. The van der Waals surface area contributed by atoms with E-state index in [2.05, 4.69) is 37.8 Å². The van der Waals surface area contributed by atoms with Crippen molar-refractivity contribution in [2.24, 2.45) is 0 Å². The van der Waals surface area contributed by atoms with E-state index < -0.39 is 0 Å². The van der Waals surface area contributed by atoms with Crippen molar-refractivity contribution in [1.29, 1.82) is 0 Å². The van der Waals surface area contributed by atoms with Gasteiger partial charge in [0.25, 0.3) is 0 Å². The molecular formula is C11H10S. The SMILES string of the molecule is C=Cc1c(C)sc2ccccc12. The van der Waals surface area contributed by atoms with Crippen LogP contribution < -0.4 is 0 Å². The quantitative estimate of drug-likeness (QED) is 0.616. The van der Waals surface area contributed by atoms with Crippen LogP contribution in [0.4, 0.5) is 0 Å². The molecule has 0 fully saturated rings. The summed E-state index contributed by atoms with van der Waals surface area (Å²) in [5.74, 6) is 0. The minimum atomic E-state index is 1.29. The van der Waals surface area contributed by atoms with E-state index >= 15 is 0 Å². The number of fused-ring (bicyclic) bond motifs is 1. The smallest absolute Gasteiger partial charge is 0.0351 e. The molecule has 0 aliphatic heterocycles. The molecule has 0 atom stereocenters.